The summed E-state index contributed by atoms with van der Waals surface area (Å²) in [6, 6.07) is 12.0. The first-order valence-corrected chi connectivity index (χ1v) is 9.51. The Bertz CT molecular complexity index is 887. The monoisotopic (exact) mass is 400 g/mol. The second-order valence-corrected chi connectivity index (χ2v) is 7.00. The lowest BCUT2D eigenvalue weighted by Gasteiger charge is -2.17. The van der Waals surface area contributed by atoms with E-state index in [0.29, 0.717) is 36.6 Å². The number of carbonyl (C=O) groups excluding carboxylic acids is 2. The highest BCUT2D eigenvalue weighted by molar-refractivity contribution is 5.89. The van der Waals surface area contributed by atoms with Gasteiger partial charge in [-0.3, -0.25) is 9.59 Å². The van der Waals surface area contributed by atoms with Crippen molar-refractivity contribution in [1.82, 2.24) is 10.2 Å². The average Bonchev–Trinajstić information content (AvgIpc) is 3.10. The van der Waals surface area contributed by atoms with Crippen LogP contribution in [-0.2, 0) is 22.6 Å². The third kappa shape index (κ3) is 5.04. The Hall–Kier alpha value is -3.09. The van der Waals surface area contributed by atoms with E-state index in [0.717, 1.165) is 5.56 Å². The van der Waals surface area contributed by atoms with Gasteiger partial charge in [0, 0.05) is 31.6 Å². The fourth-order valence-electron chi connectivity index (χ4n) is 3.44. The van der Waals surface area contributed by atoms with Gasteiger partial charge in [-0.25, -0.2) is 4.39 Å². The second-order valence-electron chi connectivity index (χ2n) is 7.00. The van der Waals surface area contributed by atoms with E-state index in [-0.39, 0.29) is 30.6 Å². The van der Waals surface area contributed by atoms with Gasteiger partial charge in [0.2, 0.25) is 11.8 Å². The van der Waals surface area contributed by atoms with Crippen molar-refractivity contribution in [2.24, 2.45) is 5.92 Å². The molecule has 0 aliphatic carbocycles. The van der Waals surface area contributed by atoms with E-state index in [1.807, 2.05) is 18.2 Å². The van der Waals surface area contributed by atoms with Crippen molar-refractivity contribution in [2.75, 3.05) is 27.3 Å². The lowest BCUT2D eigenvalue weighted by molar-refractivity contribution is -0.129. The van der Waals surface area contributed by atoms with Gasteiger partial charge in [-0.05, 0) is 30.2 Å². The molecule has 6 nitrogen and oxygen atoms in total. The molecule has 1 saturated heterocycles. The van der Waals surface area contributed by atoms with Crippen molar-refractivity contribution in [1.29, 1.82) is 0 Å². The average molecular weight is 400 g/mol. The number of methoxy groups -OCH3 is 2. The first kappa shape index (κ1) is 20.6. The fourth-order valence-corrected chi connectivity index (χ4v) is 3.44. The molecule has 0 radical (unpaired) electrons. The van der Waals surface area contributed by atoms with E-state index in [9.17, 15) is 14.0 Å². The summed E-state index contributed by atoms with van der Waals surface area (Å²) in [5.74, 6) is 0.243. The quantitative estimate of drug-likeness (QED) is 0.740. The molecule has 0 aromatic heterocycles. The molecule has 0 saturated carbocycles. The lowest BCUT2D eigenvalue weighted by Crippen LogP contribution is -2.34. The molecule has 154 valence electrons. The Labute approximate surface area is 169 Å². The van der Waals surface area contributed by atoms with E-state index in [1.54, 1.807) is 32.4 Å². The first-order valence-electron chi connectivity index (χ1n) is 9.51. The summed E-state index contributed by atoms with van der Waals surface area (Å²) >= 11 is 0. The fraction of sp³-hybridized carbons (Fsp3) is 0.364. The molecular formula is C22H25FN2O4. The molecule has 2 aromatic carbocycles. The molecule has 2 aromatic rings. The minimum atomic E-state index is -0.417. The van der Waals surface area contributed by atoms with Gasteiger partial charge in [0.25, 0.3) is 0 Å². The van der Waals surface area contributed by atoms with Crippen molar-refractivity contribution in [3.63, 3.8) is 0 Å². The SMILES string of the molecule is COc1ccc(CCNC(=O)[C@H]2CC(=O)N(Cc3ccccc3F)C2)cc1OC. The summed E-state index contributed by atoms with van der Waals surface area (Å²) in [6.45, 7) is 0.933. The molecule has 0 unspecified atom stereocenters. The predicted molar refractivity (Wildman–Crippen MR) is 106 cm³/mol. The summed E-state index contributed by atoms with van der Waals surface area (Å²) in [6.07, 6.45) is 0.780. The van der Waals surface area contributed by atoms with Crippen LogP contribution in [0.1, 0.15) is 17.5 Å². The highest BCUT2D eigenvalue weighted by atomic mass is 19.1. The van der Waals surface area contributed by atoms with Crippen LogP contribution in [0.25, 0.3) is 0 Å². The number of amides is 2. The standard InChI is InChI=1S/C22H25FN2O4/c1-28-19-8-7-15(11-20(19)29-2)9-10-24-22(27)17-12-21(26)25(14-17)13-16-5-3-4-6-18(16)23/h3-8,11,17H,9-10,12-14H2,1-2H3,(H,24,27)/t17-/m0/s1. The molecule has 2 amide bonds. The summed E-state index contributed by atoms with van der Waals surface area (Å²) in [5, 5.41) is 2.89. The zero-order valence-electron chi connectivity index (χ0n) is 16.6. The lowest BCUT2D eigenvalue weighted by atomic mass is 10.1. The van der Waals surface area contributed by atoms with Crippen molar-refractivity contribution in [3.05, 3.63) is 59.4 Å². The maximum Gasteiger partial charge on any atom is 0.225 e. The Morgan fingerprint density at radius 2 is 1.93 bits per heavy atom. The van der Waals surface area contributed by atoms with Crippen molar-refractivity contribution < 1.29 is 23.5 Å². The van der Waals surface area contributed by atoms with Gasteiger partial charge in [0.15, 0.2) is 11.5 Å². The number of carbonyl (C=O) groups is 2. The zero-order chi connectivity index (χ0) is 20.8. The van der Waals surface area contributed by atoms with E-state index < -0.39 is 5.92 Å². The molecule has 0 bridgehead atoms. The van der Waals surface area contributed by atoms with E-state index in [2.05, 4.69) is 5.32 Å². The molecule has 1 aliphatic rings. The van der Waals surface area contributed by atoms with E-state index in [4.69, 9.17) is 9.47 Å². The summed E-state index contributed by atoms with van der Waals surface area (Å²) in [4.78, 5) is 26.2. The third-order valence-electron chi connectivity index (χ3n) is 5.07. The van der Waals surface area contributed by atoms with Gasteiger partial charge < -0.3 is 19.7 Å². The molecule has 0 spiro atoms. The molecular weight excluding hydrogens is 375 g/mol. The number of likely N-dealkylation sites (tertiary alicyclic amines) is 1. The Morgan fingerprint density at radius 1 is 1.17 bits per heavy atom. The number of hydrogen-bond acceptors (Lipinski definition) is 4. The molecule has 29 heavy (non-hydrogen) atoms. The van der Waals surface area contributed by atoms with Crippen LogP contribution < -0.4 is 14.8 Å². The number of nitrogens with one attached hydrogen (secondary N) is 1. The van der Waals surface area contributed by atoms with Gasteiger partial charge >= 0.3 is 0 Å². The minimum absolute atomic E-state index is 0.131. The van der Waals surface area contributed by atoms with E-state index in [1.165, 1.54) is 11.0 Å². The molecule has 3 rings (SSSR count). The maximum absolute atomic E-state index is 13.8. The Kier molecular flexibility index (Phi) is 6.69. The Balaban J connectivity index is 1.50. The largest absolute Gasteiger partial charge is 0.493 e. The molecule has 1 fully saturated rings. The van der Waals surface area contributed by atoms with Gasteiger partial charge in [-0.1, -0.05) is 24.3 Å². The van der Waals surface area contributed by atoms with Crippen LogP contribution in [0, 0.1) is 11.7 Å². The smallest absolute Gasteiger partial charge is 0.225 e. The molecule has 1 heterocycles. The Morgan fingerprint density at radius 3 is 2.66 bits per heavy atom. The van der Waals surface area contributed by atoms with Gasteiger partial charge in [-0.15, -0.1) is 0 Å². The zero-order valence-corrected chi connectivity index (χ0v) is 16.6. The van der Waals surface area contributed by atoms with Crippen molar-refractivity contribution >= 4 is 11.8 Å². The number of nitrogens with zero attached hydrogens (tertiary/aromatic N) is 1. The predicted octanol–water partition coefficient (Wildman–Crippen LogP) is 2.55. The third-order valence-corrected chi connectivity index (χ3v) is 5.07. The number of ether oxygens (including phenoxy) is 2. The topological polar surface area (TPSA) is 67.9 Å². The van der Waals surface area contributed by atoms with Crippen LogP contribution >= 0.6 is 0 Å². The normalized spacial score (nSPS) is 16.0. The summed E-state index contributed by atoms with van der Waals surface area (Å²) < 4.78 is 24.3. The van der Waals surface area contributed by atoms with Crippen LogP contribution in [0.3, 0.4) is 0 Å². The van der Waals surface area contributed by atoms with Crippen LogP contribution in [-0.4, -0.2) is 44.0 Å². The number of halogens is 1. The molecule has 1 atom stereocenters. The van der Waals surface area contributed by atoms with Crippen LogP contribution in [0.15, 0.2) is 42.5 Å². The minimum Gasteiger partial charge on any atom is -0.493 e. The highest BCUT2D eigenvalue weighted by Gasteiger charge is 2.34. The summed E-state index contributed by atoms with van der Waals surface area (Å²) in [7, 11) is 3.16. The van der Waals surface area contributed by atoms with Gasteiger partial charge in [0.1, 0.15) is 5.82 Å². The van der Waals surface area contributed by atoms with Crippen LogP contribution in [0.4, 0.5) is 4.39 Å². The molecule has 7 heteroatoms. The second kappa shape index (κ2) is 9.41. The van der Waals surface area contributed by atoms with Gasteiger partial charge in [-0.2, -0.15) is 0 Å². The van der Waals surface area contributed by atoms with Crippen molar-refractivity contribution in [3.8, 4) is 11.5 Å². The highest BCUT2D eigenvalue weighted by Crippen LogP contribution is 2.27. The van der Waals surface area contributed by atoms with Crippen molar-refractivity contribution in [2.45, 2.75) is 19.4 Å². The number of benzene rings is 2. The van der Waals surface area contributed by atoms with E-state index >= 15 is 0 Å². The molecule has 1 N–H and O–H groups in total. The van der Waals surface area contributed by atoms with Crippen LogP contribution in [0.5, 0.6) is 11.5 Å². The first-order chi connectivity index (χ1) is 14.0. The number of hydrogen-bond donors (Lipinski definition) is 1. The van der Waals surface area contributed by atoms with Crippen LogP contribution in [0.2, 0.25) is 0 Å². The summed E-state index contributed by atoms with van der Waals surface area (Å²) in [5.41, 5.74) is 1.46. The number of rotatable bonds is 8. The van der Waals surface area contributed by atoms with Gasteiger partial charge in [0.05, 0.1) is 20.1 Å². The maximum atomic E-state index is 13.8. The molecule has 1 aliphatic heterocycles.